The zero-order valence-corrected chi connectivity index (χ0v) is 14.1. The Morgan fingerprint density at radius 2 is 1.91 bits per heavy atom. The molecule has 1 fully saturated rings. The van der Waals surface area contributed by atoms with Crippen molar-refractivity contribution >= 4 is 0 Å². The van der Waals surface area contributed by atoms with Crippen molar-refractivity contribution in [2.24, 2.45) is 0 Å². The van der Waals surface area contributed by atoms with E-state index in [0.29, 0.717) is 12.1 Å². The second kappa shape index (κ2) is 6.42. The van der Waals surface area contributed by atoms with Crippen LogP contribution in [0.3, 0.4) is 0 Å². The SMILES string of the molecule is CC(C)(C)c1ccn(-c2ccc(F)c(CN3CCOCC3)c2)n1. The maximum absolute atomic E-state index is 14.1. The van der Waals surface area contributed by atoms with Crippen molar-refractivity contribution in [3.05, 3.63) is 47.5 Å². The molecule has 0 amide bonds. The normalized spacial score (nSPS) is 16.7. The maximum Gasteiger partial charge on any atom is 0.127 e. The Balaban J connectivity index is 1.83. The molecule has 1 aromatic carbocycles. The minimum atomic E-state index is -0.163. The van der Waals surface area contributed by atoms with Crippen LogP contribution in [0.5, 0.6) is 0 Å². The molecular formula is C18H24FN3O. The lowest BCUT2D eigenvalue weighted by Gasteiger charge is -2.26. The van der Waals surface area contributed by atoms with Crippen molar-refractivity contribution in [2.75, 3.05) is 26.3 Å². The van der Waals surface area contributed by atoms with Gasteiger partial charge in [0.1, 0.15) is 5.82 Å². The second-order valence-corrected chi connectivity index (χ2v) is 7.06. The van der Waals surface area contributed by atoms with E-state index in [1.165, 1.54) is 6.07 Å². The van der Waals surface area contributed by atoms with E-state index in [1.807, 2.05) is 23.0 Å². The summed E-state index contributed by atoms with van der Waals surface area (Å²) in [5.74, 6) is -0.163. The monoisotopic (exact) mass is 317 g/mol. The summed E-state index contributed by atoms with van der Waals surface area (Å²) < 4.78 is 21.3. The topological polar surface area (TPSA) is 30.3 Å². The summed E-state index contributed by atoms with van der Waals surface area (Å²) >= 11 is 0. The number of hydrogen-bond acceptors (Lipinski definition) is 3. The number of rotatable bonds is 3. The van der Waals surface area contributed by atoms with E-state index in [9.17, 15) is 4.39 Å². The quantitative estimate of drug-likeness (QED) is 0.871. The van der Waals surface area contributed by atoms with Gasteiger partial charge in [0.2, 0.25) is 0 Å². The average molecular weight is 317 g/mol. The van der Waals surface area contributed by atoms with Crippen LogP contribution in [0.15, 0.2) is 30.5 Å². The molecule has 0 bridgehead atoms. The molecule has 0 saturated carbocycles. The minimum absolute atomic E-state index is 0.00190. The Hall–Kier alpha value is -1.72. The highest BCUT2D eigenvalue weighted by Gasteiger charge is 2.18. The fourth-order valence-electron chi connectivity index (χ4n) is 2.69. The summed E-state index contributed by atoms with van der Waals surface area (Å²) in [6, 6.07) is 7.22. The van der Waals surface area contributed by atoms with Crippen molar-refractivity contribution in [1.29, 1.82) is 0 Å². The standard InChI is InChI=1S/C18H24FN3O/c1-18(2,3)17-6-7-22(20-17)15-4-5-16(19)14(12-15)13-21-8-10-23-11-9-21/h4-7,12H,8-11,13H2,1-3H3. The van der Waals surface area contributed by atoms with Gasteiger partial charge in [-0.2, -0.15) is 5.10 Å². The molecule has 0 atom stereocenters. The van der Waals surface area contributed by atoms with Gasteiger partial charge in [0, 0.05) is 36.8 Å². The van der Waals surface area contributed by atoms with E-state index in [4.69, 9.17) is 4.74 Å². The predicted octanol–water partition coefficient (Wildman–Crippen LogP) is 3.14. The number of halogens is 1. The summed E-state index contributed by atoms with van der Waals surface area (Å²) in [7, 11) is 0. The number of benzene rings is 1. The third-order valence-electron chi connectivity index (χ3n) is 4.15. The summed E-state index contributed by atoms with van der Waals surface area (Å²) in [6.45, 7) is 10.1. The molecule has 0 N–H and O–H groups in total. The molecule has 2 heterocycles. The molecule has 124 valence electrons. The molecule has 0 spiro atoms. The van der Waals surface area contributed by atoms with Gasteiger partial charge in [-0.1, -0.05) is 20.8 Å². The minimum Gasteiger partial charge on any atom is -0.379 e. The van der Waals surface area contributed by atoms with Crippen molar-refractivity contribution < 1.29 is 9.13 Å². The molecule has 1 saturated heterocycles. The van der Waals surface area contributed by atoms with Gasteiger partial charge in [0.05, 0.1) is 24.6 Å². The molecule has 0 unspecified atom stereocenters. The highest BCUT2D eigenvalue weighted by molar-refractivity contribution is 5.36. The summed E-state index contributed by atoms with van der Waals surface area (Å²) in [6.07, 6.45) is 1.94. The number of nitrogens with zero attached hydrogens (tertiary/aromatic N) is 3. The van der Waals surface area contributed by atoms with Gasteiger partial charge in [-0.3, -0.25) is 4.90 Å². The van der Waals surface area contributed by atoms with Gasteiger partial charge in [0.15, 0.2) is 0 Å². The Kier molecular flexibility index (Phi) is 4.50. The molecule has 2 aromatic rings. The zero-order valence-electron chi connectivity index (χ0n) is 14.1. The lowest BCUT2D eigenvalue weighted by Crippen LogP contribution is -2.35. The van der Waals surface area contributed by atoms with Crippen LogP contribution in [0.4, 0.5) is 4.39 Å². The fourth-order valence-corrected chi connectivity index (χ4v) is 2.69. The maximum atomic E-state index is 14.1. The fraction of sp³-hybridized carbons (Fsp3) is 0.500. The van der Waals surface area contributed by atoms with Crippen LogP contribution in [0.1, 0.15) is 32.0 Å². The first-order valence-electron chi connectivity index (χ1n) is 8.08. The van der Waals surface area contributed by atoms with Gasteiger partial charge in [-0.25, -0.2) is 9.07 Å². The molecule has 3 rings (SSSR count). The van der Waals surface area contributed by atoms with E-state index in [2.05, 4.69) is 30.8 Å². The van der Waals surface area contributed by atoms with Crippen molar-refractivity contribution in [3.8, 4) is 5.69 Å². The van der Waals surface area contributed by atoms with Crippen LogP contribution in [-0.2, 0) is 16.7 Å². The first-order valence-corrected chi connectivity index (χ1v) is 8.08. The predicted molar refractivity (Wildman–Crippen MR) is 88.3 cm³/mol. The number of ether oxygens (including phenoxy) is 1. The van der Waals surface area contributed by atoms with Crippen molar-refractivity contribution in [3.63, 3.8) is 0 Å². The smallest absolute Gasteiger partial charge is 0.127 e. The van der Waals surface area contributed by atoms with Crippen LogP contribution in [0.25, 0.3) is 5.69 Å². The molecule has 23 heavy (non-hydrogen) atoms. The molecule has 5 heteroatoms. The van der Waals surface area contributed by atoms with Gasteiger partial charge in [0.25, 0.3) is 0 Å². The summed E-state index contributed by atoms with van der Waals surface area (Å²) in [5, 5.41) is 4.63. The Labute approximate surface area is 136 Å². The first-order chi connectivity index (χ1) is 10.9. The average Bonchev–Trinajstić information content (AvgIpc) is 3.01. The van der Waals surface area contributed by atoms with E-state index in [1.54, 1.807) is 6.07 Å². The van der Waals surface area contributed by atoms with Crippen LogP contribution >= 0.6 is 0 Å². The van der Waals surface area contributed by atoms with E-state index in [0.717, 1.165) is 37.7 Å². The van der Waals surface area contributed by atoms with E-state index < -0.39 is 0 Å². The molecule has 0 aliphatic carbocycles. The Morgan fingerprint density at radius 3 is 2.57 bits per heavy atom. The van der Waals surface area contributed by atoms with Crippen molar-refractivity contribution in [1.82, 2.24) is 14.7 Å². The van der Waals surface area contributed by atoms with Gasteiger partial charge in [-0.05, 0) is 24.3 Å². The van der Waals surface area contributed by atoms with Crippen molar-refractivity contribution in [2.45, 2.75) is 32.7 Å². The molecule has 1 aliphatic rings. The van der Waals surface area contributed by atoms with Crippen LogP contribution in [0.2, 0.25) is 0 Å². The van der Waals surface area contributed by atoms with Gasteiger partial charge >= 0.3 is 0 Å². The summed E-state index contributed by atoms with van der Waals surface area (Å²) in [5.41, 5.74) is 2.63. The first kappa shape index (κ1) is 16.1. The lowest BCUT2D eigenvalue weighted by atomic mass is 9.93. The number of hydrogen-bond donors (Lipinski definition) is 0. The second-order valence-electron chi connectivity index (χ2n) is 7.06. The molecule has 1 aliphatic heterocycles. The third kappa shape index (κ3) is 3.79. The molecule has 4 nitrogen and oxygen atoms in total. The molecule has 0 radical (unpaired) electrons. The van der Waals surface area contributed by atoms with E-state index >= 15 is 0 Å². The molecule has 1 aromatic heterocycles. The highest BCUT2D eigenvalue weighted by Crippen LogP contribution is 2.22. The Morgan fingerprint density at radius 1 is 1.17 bits per heavy atom. The summed E-state index contributed by atoms with van der Waals surface area (Å²) in [4.78, 5) is 2.22. The van der Waals surface area contributed by atoms with Crippen LogP contribution < -0.4 is 0 Å². The largest absolute Gasteiger partial charge is 0.379 e. The third-order valence-corrected chi connectivity index (χ3v) is 4.15. The van der Waals surface area contributed by atoms with Gasteiger partial charge in [-0.15, -0.1) is 0 Å². The number of morpholine rings is 1. The molecular weight excluding hydrogens is 293 g/mol. The van der Waals surface area contributed by atoms with Crippen LogP contribution in [-0.4, -0.2) is 41.0 Å². The lowest BCUT2D eigenvalue weighted by molar-refractivity contribution is 0.0337. The zero-order chi connectivity index (χ0) is 16.4. The van der Waals surface area contributed by atoms with Gasteiger partial charge < -0.3 is 4.74 Å². The highest BCUT2D eigenvalue weighted by atomic mass is 19.1. The number of aromatic nitrogens is 2. The van der Waals surface area contributed by atoms with Crippen LogP contribution in [0, 0.1) is 5.82 Å². The Bertz CT molecular complexity index is 669. The van der Waals surface area contributed by atoms with E-state index in [-0.39, 0.29) is 11.2 Å².